The van der Waals surface area contributed by atoms with Crippen molar-refractivity contribution in [2.45, 2.75) is 19.3 Å². The van der Waals surface area contributed by atoms with Crippen molar-refractivity contribution in [1.82, 2.24) is 0 Å². The van der Waals surface area contributed by atoms with Crippen LogP contribution >= 0.6 is 23.2 Å². The number of ether oxygens (including phenoxy) is 2. The lowest BCUT2D eigenvalue weighted by Crippen LogP contribution is -2.11. The van der Waals surface area contributed by atoms with Gasteiger partial charge in [-0.05, 0) is 41.8 Å². The van der Waals surface area contributed by atoms with Crippen LogP contribution < -0.4 is 9.47 Å². The predicted octanol–water partition coefficient (Wildman–Crippen LogP) is 6.34. The van der Waals surface area contributed by atoms with E-state index in [0.29, 0.717) is 17.2 Å². The van der Waals surface area contributed by atoms with Crippen LogP contribution in [0.15, 0.2) is 72.8 Å². The molecule has 4 nitrogen and oxygen atoms in total. The number of hydrogen-bond acceptors (Lipinski definition) is 4. The van der Waals surface area contributed by atoms with Gasteiger partial charge in [0.15, 0.2) is 5.75 Å². The lowest BCUT2D eigenvalue weighted by Gasteiger charge is -2.08. The zero-order valence-electron chi connectivity index (χ0n) is 15.4. The van der Waals surface area contributed by atoms with E-state index in [2.05, 4.69) is 0 Å². The molecule has 0 N–H and O–H groups in total. The standard InChI is InChI=1S/C23H18Cl2O4/c24-19-8-4-9-20(23(19)25)29-22(27)11-5-10-21(26)28-18-14-12-17(13-15-18)16-6-2-1-3-7-16/h1-4,6-9,12-15H,5,10-11H2. The smallest absolute Gasteiger partial charge is 0.311 e. The van der Waals surface area contributed by atoms with Gasteiger partial charge in [0.05, 0.1) is 5.02 Å². The first kappa shape index (κ1) is 20.9. The van der Waals surface area contributed by atoms with E-state index >= 15 is 0 Å². The largest absolute Gasteiger partial charge is 0.427 e. The van der Waals surface area contributed by atoms with Gasteiger partial charge < -0.3 is 9.47 Å². The van der Waals surface area contributed by atoms with Gasteiger partial charge in [0, 0.05) is 12.8 Å². The summed E-state index contributed by atoms with van der Waals surface area (Å²) < 4.78 is 10.5. The van der Waals surface area contributed by atoms with Crippen molar-refractivity contribution < 1.29 is 19.1 Å². The average Bonchev–Trinajstić information content (AvgIpc) is 2.72. The highest BCUT2D eigenvalue weighted by Crippen LogP contribution is 2.31. The minimum Gasteiger partial charge on any atom is -0.427 e. The Balaban J connectivity index is 1.44. The van der Waals surface area contributed by atoms with Gasteiger partial charge in [-0.3, -0.25) is 9.59 Å². The average molecular weight is 429 g/mol. The minimum absolute atomic E-state index is 0.0604. The summed E-state index contributed by atoms with van der Waals surface area (Å²) in [6.45, 7) is 0. The molecule has 0 heterocycles. The summed E-state index contributed by atoms with van der Waals surface area (Å²) >= 11 is 11.9. The molecule has 0 atom stereocenters. The second-order valence-corrected chi connectivity index (χ2v) is 7.03. The molecule has 0 fully saturated rings. The van der Waals surface area contributed by atoms with Gasteiger partial charge in [-0.1, -0.05) is 71.7 Å². The number of esters is 2. The summed E-state index contributed by atoms with van der Waals surface area (Å²) in [6, 6.07) is 22.0. The normalized spacial score (nSPS) is 10.4. The quantitative estimate of drug-likeness (QED) is 0.325. The van der Waals surface area contributed by atoms with Crippen LogP contribution in [0.25, 0.3) is 11.1 Å². The maximum Gasteiger partial charge on any atom is 0.311 e. The molecule has 0 amide bonds. The second-order valence-electron chi connectivity index (χ2n) is 6.24. The van der Waals surface area contributed by atoms with Crippen LogP contribution in [0.5, 0.6) is 11.5 Å². The van der Waals surface area contributed by atoms with Gasteiger partial charge in [0.1, 0.15) is 10.8 Å². The summed E-state index contributed by atoms with van der Waals surface area (Å²) in [4.78, 5) is 23.9. The summed E-state index contributed by atoms with van der Waals surface area (Å²) in [5.41, 5.74) is 2.12. The molecule has 3 aromatic rings. The number of rotatable bonds is 7. The fourth-order valence-electron chi connectivity index (χ4n) is 2.64. The molecule has 0 aliphatic heterocycles. The number of hydrogen-bond donors (Lipinski definition) is 0. The van der Waals surface area contributed by atoms with Crippen molar-refractivity contribution in [3.8, 4) is 22.6 Å². The first-order chi connectivity index (χ1) is 14.0. The Labute approximate surface area is 179 Å². The highest BCUT2D eigenvalue weighted by Gasteiger charge is 2.12. The fourth-order valence-corrected chi connectivity index (χ4v) is 2.97. The summed E-state index contributed by atoms with van der Waals surface area (Å²) in [7, 11) is 0. The van der Waals surface area contributed by atoms with Crippen molar-refractivity contribution in [2.75, 3.05) is 0 Å². The topological polar surface area (TPSA) is 52.6 Å². The third-order valence-electron chi connectivity index (χ3n) is 4.09. The van der Waals surface area contributed by atoms with E-state index in [1.807, 2.05) is 42.5 Å². The molecule has 0 aromatic heterocycles. The maximum absolute atomic E-state index is 12.0. The lowest BCUT2D eigenvalue weighted by molar-refractivity contribution is -0.136. The van der Waals surface area contributed by atoms with Crippen molar-refractivity contribution >= 4 is 35.1 Å². The van der Waals surface area contributed by atoms with Crippen LogP contribution in [-0.2, 0) is 9.59 Å². The second kappa shape index (κ2) is 10.1. The van der Waals surface area contributed by atoms with Gasteiger partial charge in [-0.25, -0.2) is 0 Å². The molecule has 0 unspecified atom stereocenters. The molecule has 0 saturated carbocycles. The fraction of sp³-hybridized carbons (Fsp3) is 0.130. The molecular weight excluding hydrogens is 411 g/mol. The molecule has 0 radical (unpaired) electrons. The van der Waals surface area contributed by atoms with E-state index in [1.165, 1.54) is 0 Å². The highest BCUT2D eigenvalue weighted by atomic mass is 35.5. The third kappa shape index (κ3) is 6.08. The minimum atomic E-state index is -0.491. The van der Waals surface area contributed by atoms with Gasteiger partial charge in [0.25, 0.3) is 0 Å². The Kier molecular flexibility index (Phi) is 7.28. The van der Waals surface area contributed by atoms with Gasteiger partial charge in [-0.15, -0.1) is 0 Å². The molecule has 6 heteroatoms. The Bertz CT molecular complexity index is 986. The van der Waals surface area contributed by atoms with Crippen molar-refractivity contribution in [2.24, 2.45) is 0 Å². The zero-order chi connectivity index (χ0) is 20.6. The van der Waals surface area contributed by atoms with E-state index in [9.17, 15) is 9.59 Å². The summed E-state index contributed by atoms with van der Waals surface area (Å²) in [5.74, 6) is -0.242. The van der Waals surface area contributed by atoms with E-state index in [4.69, 9.17) is 32.7 Å². The van der Waals surface area contributed by atoms with Crippen LogP contribution in [-0.4, -0.2) is 11.9 Å². The SMILES string of the molecule is O=C(CCCC(=O)Oc1cccc(Cl)c1Cl)Oc1ccc(-c2ccccc2)cc1. The van der Waals surface area contributed by atoms with Crippen molar-refractivity contribution in [3.63, 3.8) is 0 Å². The van der Waals surface area contributed by atoms with Gasteiger partial charge in [0.2, 0.25) is 0 Å². The molecule has 148 valence electrons. The Morgan fingerprint density at radius 1 is 0.690 bits per heavy atom. The van der Waals surface area contributed by atoms with Gasteiger partial charge >= 0.3 is 11.9 Å². The highest BCUT2D eigenvalue weighted by molar-refractivity contribution is 6.43. The number of benzene rings is 3. The molecule has 0 aliphatic rings. The first-order valence-corrected chi connectivity index (χ1v) is 9.79. The number of halogens is 2. The molecule has 0 saturated heterocycles. The van der Waals surface area contributed by atoms with E-state index in [0.717, 1.165) is 11.1 Å². The monoisotopic (exact) mass is 428 g/mol. The molecule has 0 spiro atoms. The molecular formula is C23H18Cl2O4. The molecule has 29 heavy (non-hydrogen) atoms. The third-order valence-corrected chi connectivity index (χ3v) is 4.90. The van der Waals surface area contributed by atoms with Crippen molar-refractivity contribution in [3.05, 3.63) is 82.8 Å². The summed E-state index contributed by atoms with van der Waals surface area (Å²) in [5, 5.41) is 0.486. The molecule has 0 bridgehead atoms. The van der Waals surface area contributed by atoms with E-state index in [-0.39, 0.29) is 23.6 Å². The zero-order valence-corrected chi connectivity index (χ0v) is 17.0. The number of carbonyl (C=O) groups is 2. The van der Waals surface area contributed by atoms with Crippen LogP contribution in [0.1, 0.15) is 19.3 Å². The first-order valence-electron chi connectivity index (χ1n) is 9.04. The summed E-state index contributed by atoms with van der Waals surface area (Å²) in [6.07, 6.45) is 0.460. The van der Waals surface area contributed by atoms with Crippen LogP contribution in [0.3, 0.4) is 0 Å². The van der Waals surface area contributed by atoms with Gasteiger partial charge in [-0.2, -0.15) is 0 Å². The predicted molar refractivity (Wildman–Crippen MR) is 113 cm³/mol. The van der Waals surface area contributed by atoms with Crippen LogP contribution in [0.2, 0.25) is 10.0 Å². The molecule has 3 rings (SSSR count). The van der Waals surface area contributed by atoms with Crippen molar-refractivity contribution in [1.29, 1.82) is 0 Å². The Morgan fingerprint density at radius 2 is 1.31 bits per heavy atom. The molecule has 0 aliphatic carbocycles. The lowest BCUT2D eigenvalue weighted by atomic mass is 10.1. The van der Waals surface area contributed by atoms with E-state index < -0.39 is 11.9 Å². The molecule has 3 aromatic carbocycles. The van der Waals surface area contributed by atoms with Crippen LogP contribution in [0, 0.1) is 0 Å². The van der Waals surface area contributed by atoms with E-state index in [1.54, 1.807) is 30.3 Å². The van der Waals surface area contributed by atoms with Crippen LogP contribution in [0.4, 0.5) is 0 Å². The number of carbonyl (C=O) groups excluding carboxylic acids is 2. The maximum atomic E-state index is 12.0. The Hall–Kier alpha value is -2.82. The Morgan fingerprint density at radius 3 is 2.00 bits per heavy atom.